The number of likely N-dealkylation sites (tertiary alicyclic amines) is 2. The number of carbonyl (C=O) groups is 5. The molecule has 7 aromatic carbocycles. The number of hydrogen-bond acceptors (Lipinski definition) is 10. The van der Waals surface area contributed by atoms with Gasteiger partial charge in [-0.2, -0.15) is 26.3 Å². The first kappa shape index (κ1) is 72.3. The molecular weight excluding hydrogens is 1300 g/mol. The molecule has 16 nitrogen and oxygen atoms in total. The summed E-state index contributed by atoms with van der Waals surface area (Å²) in [5.41, 5.74) is 2.73. The zero-order valence-electron chi connectivity index (χ0n) is 56.3. The Balaban J connectivity index is 0.593. The summed E-state index contributed by atoms with van der Waals surface area (Å²) in [5.74, 6) is -2.04. The fourth-order valence-electron chi connectivity index (χ4n) is 14.5. The lowest BCUT2D eigenvalue weighted by molar-refractivity contribution is -0.143. The number of piperidine rings is 2. The van der Waals surface area contributed by atoms with Gasteiger partial charge in [0.25, 0.3) is 17.7 Å². The van der Waals surface area contributed by atoms with E-state index in [1.165, 1.54) is 29.2 Å². The van der Waals surface area contributed by atoms with Gasteiger partial charge in [0.05, 0.1) is 29.5 Å². The van der Waals surface area contributed by atoms with Crippen LogP contribution in [-0.2, 0) is 57.1 Å². The van der Waals surface area contributed by atoms with Crippen molar-refractivity contribution in [2.24, 2.45) is 0 Å². The van der Waals surface area contributed by atoms with Gasteiger partial charge >= 0.3 is 18.4 Å². The molecule has 2 N–H and O–H groups in total. The topological polar surface area (TPSA) is 159 Å². The number of ether oxygens (including phenoxy) is 2. The molecule has 7 aromatic rings. The Morgan fingerprint density at radius 1 is 0.630 bits per heavy atom. The molecule has 4 aliphatic rings. The molecule has 100 heavy (non-hydrogen) atoms. The third-order valence-electron chi connectivity index (χ3n) is 20.3. The number of benzene rings is 7. The summed E-state index contributed by atoms with van der Waals surface area (Å²) in [6.07, 6.45) is -7.50. The molecule has 1 aliphatic carbocycles. The fourth-order valence-corrected chi connectivity index (χ4v) is 14.5. The molecular formula is C77H83F7N8O8. The van der Waals surface area contributed by atoms with Crippen LogP contribution in [0.25, 0.3) is 11.1 Å². The Morgan fingerprint density at radius 3 is 1.80 bits per heavy atom. The van der Waals surface area contributed by atoms with Crippen molar-refractivity contribution in [3.05, 3.63) is 231 Å². The van der Waals surface area contributed by atoms with Gasteiger partial charge in [-0.25, -0.2) is 9.18 Å². The van der Waals surface area contributed by atoms with Crippen molar-refractivity contribution < 1.29 is 69.3 Å². The van der Waals surface area contributed by atoms with E-state index >= 15 is 0 Å². The van der Waals surface area contributed by atoms with Crippen molar-refractivity contribution in [2.75, 3.05) is 105 Å². The minimum atomic E-state index is -5.15. The second-order valence-corrected chi connectivity index (χ2v) is 26.7. The first-order valence-electron chi connectivity index (χ1n) is 33.8. The highest BCUT2D eigenvalue weighted by molar-refractivity contribution is 5.96. The van der Waals surface area contributed by atoms with Crippen LogP contribution in [0.5, 0.6) is 0 Å². The number of hydrogen-bond donors (Lipinski definition) is 2. The molecule has 2 atom stereocenters. The van der Waals surface area contributed by atoms with Gasteiger partial charge in [-0.15, -0.1) is 0 Å². The molecule has 3 aliphatic heterocycles. The SMILES string of the molecule is CN(CCCN(C)C(=O)c1ccc(CNCc2ccc(C(=O)N(C)CCN3CCC(N(C(=O)O)c4ccccc4-c4ccccc4)CC3)cc2)cc1)C(=O)CO[C@H]1Cc2ccccc2C12CCN(CC[C@@]1(c3ccc(F)cc3)CN(C(=O)c3cc(C(F)(F)F)cc(C(F)(F)F)c3)CO1)CC2. The number of nitrogens with one attached hydrogen (secondary N) is 1. The van der Waals surface area contributed by atoms with Gasteiger partial charge in [0.15, 0.2) is 0 Å². The molecule has 3 heterocycles. The number of nitrogens with zero attached hydrogens (tertiary/aromatic N) is 7. The number of halogens is 7. The monoisotopic (exact) mass is 1380 g/mol. The normalized spacial score (nSPS) is 18.0. The predicted octanol–water partition coefficient (Wildman–Crippen LogP) is 12.9. The van der Waals surface area contributed by atoms with Gasteiger partial charge in [-0.3, -0.25) is 24.1 Å². The summed E-state index contributed by atoms with van der Waals surface area (Å²) >= 11 is 0. The van der Waals surface area contributed by atoms with E-state index in [-0.39, 0.29) is 55.5 Å². The maximum atomic E-state index is 14.3. The van der Waals surface area contributed by atoms with Crippen LogP contribution in [-0.4, -0.2) is 176 Å². The quantitative estimate of drug-likeness (QED) is 0.0555. The molecule has 0 radical (unpaired) electrons. The predicted molar refractivity (Wildman–Crippen MR) is 365 cm³/mol. The highest BCUT2D eigenvalue weighted by Crippen LogP contribution is 2.49. The molecule has 0 saturated carbocycles. The zero-order chi connectivity index (χ0) is 70.9. The van der Waals surface area contributed by atoms with Crippen LogP contribution >= 0.6 is 0 Å². The Kier molecular flexibility index (Phi) is 22.6. The summed E-state index contributed by atoms with van der Waals surface area (Å²) in [5, 5.41) is 13.8. The van der Waals surface area contributed by atoms with Crippen LogP contribution in [0, 0.1) is 5.82 Å². The van der Waals surface area contributed by atoms with E-state index in [4.69, 9.17) is 9.47 Å². The van der Waals surface area contributed by atoms with Crippen LogP contribution < -0.4 is 10.2 Å². The number of alkyl halides is 6. The lowest BCUT2D eigenvalue weighted by Gasteiger charge is -2.44. The van der Waals surface area contributed by atoms with Crippen LogP contribution in [0.1, 0.15) is 109 Å². The highest BCUT2D eigenvalue weighted by atomic mass is 19.4. The van der Waals surface area contributed by atoms with Crippen molar-refractivity contribution >= 4 is 35.4 Å². The third-order valence-corrected chi connectivity index (χ3v) is 20.3. The van der Waals surface area contributed by atoms with Gasteiger partial charge in [-0.1, -0.05) is 109 Å². The van der Waals surface area contributed by atoms with Crippen LogP contribution in [0.3, 0.4) is 0 Å². The largest absolute Gasteiger partial charge is 0.465 e. The Labute approximate surface area is 577 Å². The second-order valence-electron chi connectivity index (χ2n) is 26.7. The van der Waals surface area contributed by atoms with E-state index in [1.54, 1.807) is 48.0 Å². The first-order valence-corrected chi connectivity index (χ1v) is 33.8. The molecule has 5 amide bonds. The summed E-state index contributed by atoms with van der Waals surface area (Å²) in [4.78, 5) is 79.2. The van der Waals surface area contributed by atoms with E-state index in [0.717, 1.165) is 51.4 Å². The molecule has 11 rings (SSSR count). The van der Waals surface area contributed by atoms with E-state index in [1.807, 2.05) is 103 Å². The zero-order valence-corrected chi connectivity index (χ0v) is 56.3. The van der Waals surface area contributed by atoms with Crippen molar-refractivity contribution in [1.82, 2.24) is 34.7 Å². The molecule has 0 aromatic heterocycles. The smallest absolute Gasteiger partial charge is 0.416 e. The molecule has 1 spiro atoms. The molecule has 3 fully saturated rings. The molecule has 3 saturated heterocycles. The highest BCUT2D eigenvalue weighted by Gasteiger charge is 2.50. The maximum absolute atomic E-state index is 14.3. The number of carboxylic acid groups (broad SMARTS) is 1. The van der Waals surface area contributed by atoms with Gasteiger partial charge in [0, 0.05) is 114 Å². The lowest BCUT2D eigenvalue weighted by Crippen LogP contribution is -2.50. The third kappa shape index (κ3) is 16.9. The van der Waals surface area contributed by atoms with Gasteiger partial charge in [0.2, 0.25) is 5.91 Å². The van der Waals surface area contributed by atoms with Crippen molar-refractivity contribution in [3.63, 3.8) is 0 Å². The number of anilines is 1. The van der Waals surface area contributed by atoms with E-state index in [2.05, 4.69) is 27.2 Å². The number of carbonyl (C=O) groups excluding carboxylic acids is 4. The van der Waals surface area contributed by atoms with Crippen molar-refractivity contribution in [1.29, 1.82) is 0 Å². The van der Waals surface area contributed by atoms with Gasteiger partial charge in [-0.05, 0) is 152 Å². The van der Waals surface area contributed by atoms with Crippen LogP contribution in [0.15, 0.2) is 170 Å². The molecule has 0 unspecified atom stereocenters. The second kappa shape index (κ2) is 31.3. The van der Waals surface area contributed by atoms with Gasteiger partial charge < -0.3 is 49.3 Å². The van der Waals surface area contributed by atoms with E-state index in [9.17, 15) is 59.8 Å². The summed E-state index contributed by atoms with van der Waals surface area (Å²) in [6, 6.07) is 46.6. The number of fused-ring (bicyclic) bond motifs is 2. The first-order chi connectivity index (χ1) is 47.9. The minimum absolute atomic E-state index is 0.0299. The summed E-state index contributed by atoms with van der Waals surface area (Å²) < 4.78 is 110. The summed E-state index contributed by atoms with van der Waals surface area (Å²) in [7, 11) is 5.25. The lowest BCUT2D eigenvalue weighted by atomic mass is 9.72. The molecule has 23 heteroatoms. The number of amides is 5. The summed E-state index contributed by atoms with van der Waals surface area (Å²) in [6.45, 7) is 5.37. The average Bonchev–Trinajstić information content (AvgIpc) is 1.58. The molecule has 0 bridgehead atoms. The van der Waals surface area contributed by atoms with Gasteiger partial charge in [0.1, 0.15) is 24.8 Å². The average molecular weight is 1380 g/mol. The van der Waals surface area contributed by atoms with Crippen molar-refractivity contribution in [2.45, 2.75) is 93.5 Å². The molecule has 528 valence electrons. The van der Waals surface area contributed by atoms with Crippen LogP contribution in [0.4, 0.5) is 41.2 Å². The standard InChI is InChI=1S/C77H83F7N8O8/c1-86(69(93)50-99-68-46-58-14-7-9-16-66(58)74(68)32-39-90(40-33-74)41-34-75(60-26-28-63(78)29-27-60)51-91(52-100-75)72(96)59-44-61(76(79,80)81)47-62(45-59)77(82,83)84)35-11-36-87(2)70(94)56-22-18-53(19-23-56)48-85-49-54-20-24-57(25-21-54)71(95)88(3)42-43-89-37-30-64(31-38-89)92(73(97)98)67-17-10-8-15-65(67)55-12-5-4-6-13-55/h4-10,12-29,44-45,47,64,68,85H,11,30-43,46,48-52H2,1-3H3,(H,97,98)/t68-,75-/m0/s1. The Bertz CT molecular complexity index is 3970. The van der Waals surface area contributed by atoms with E-state index in [0.29, 0.717) is 132 Å². The Hall–Kier alpha value is -9.00. The van der Waals surface area contributed by atoms with E-state index < -0.39 is 64.6 Å². The Morgan fingerprint density at radius 2 is 1.19 bits per heavy atom. The minimum Gasteiger partial charge on any atom is -0.465 e. The number of para-hydroxylation sites is 1. The fraction of sp³-hybridized carbons (Fsp3) is 0.390. The number of rotatable bonds is 24. The van der Waals surface area contributed by atoms with Crippen molar-refractivity contribution in [3.8, 4) is 11.1 Å². The van der Waals surface area contributed by atoms with Crippen LogP contribution in [0.2, 0.25) is 0 Å². The number of likely N-dealkylation sites (N-methyl/N-ethyl adjacent to an activating group) is 2. The maximum Gasteiger partial charge on any atom is 0.416 e.